The van der Waals surface area contributed by atoms with Crippen LogP contribution in [0, 0.1) is 0 Å². The monoisotopic (exact) mass is 263 g/mol. The highest BCUT2D eigenvalue weighted by molar-refractivity contribution is 5.65. The maximum Gasteiger partial charge on any atom is 0.227 e. The third kappa shape index (κ3) is 3.03. The quantitative estimate of drug-likeness (QED) is 0.853. The summed E-state index contributed by atoms with van der Waals surface area (Å²) in [5.41, 5.74) is 6.19. The molecule has 0 saturated carbocycles. The van der Waals surface area contributed by atoms with E-state index in [0.29, 0.717) is 36.2 Å². The van der Waals surface area contributed by atoms with Crippen molar-refractivity contribution in [1.82, 2.24) is 10.1 Å². The second-order valence-electron chi connectivity index (χ2n) is 3.97. The maximum atomic E-state index is 5.45. The van der Waals surface area contributed by atoms with Gasteiger partial charge in [-0.3, -0.25) is 0 Å². The maximum absolute atomic E-state index is 5.45. The molecule has 0 aliphatic heterocycles. The Bertz CT molecular complexity index is 540. The van der Waals surface area contributed by atoms with Crippen LogP contribution < -0.4 is 15.2 Å². The summed E-state index contributed by atoms with van der Waals surface area (Å²) >= 11 is 0. The first-order valence-electron chi connectivity index (χ1n) is 6.03. The Balaban J connectivity index is 2.31. The molecule has 0 aliphatic carbocycles. The van der Waals surface area contributed by atoms with Gasteiger partial charge < -0.3 is 19.7 Å². The van der Waals surface area contributed by atoms with Gasteiger partial charge in [-0.15, -0.1) is 0 Å². The predicted molar refractivity (Wildman–Crippen MR) is 70.2 cm³/mol. The molecule has 0 bridgehead atoms. The summed E-state index contributed by atoms with van der Waals surface area (Å²) in [6.45, 7) is 0.597. The van der Waals surface area contributed by atoms with Gasteiger partial charge in [-0.2, -0.15) is 4.98 Å². The number of aromatic nitrogens is 2. The third-order valence-corrected chi connectivity index (χ3v) is 2.71. The first kappa shape index (κ1) is 13.4. The van der Waals surface area contributed by atoms with E-state index in [4.69, 9.17) is 19.7 Å². The number of hydrogen-bond donors (Lipinski definition) is 1. The summed E-state index contributed by atoms with van der Waals surface area (Å²) in [4.78, 5) is 4.33. The minimum atomic E-state index is 0.489. The second kappa shape index (κ2) is 6.19. The lowest BCUT2D eigenvalue weighted by molar-refractivity contribution is 0.375. The first-order chi connectivity index (χ1) is 9.28. The van der Waals surface area contributed by atoms with Crippen LogP contribution in [0.25, 0.3) is 11.4 Å². The minimum Gasteiger partial charge on any atom is -0.497 e. The average molecular weight is 263 g/mol. The number of methoxy groups -OCH3 is 2. The summed E-state index contributed by atoms with van der Waals surface area (Å²) in [6.07, 6.45) is 1.49. The molecule has 0 amide bonds. The Morgan fingerprint density at radius 1 is 1.26 bits per heavy atom. The number of benzene rings is 1. The summed E-state index contributed by atoms with van der Waals surface area (Å²) in [5, 5.41) is 3.96. The van der Waals surface area contributed by atoms with Crippen molar-refractivity contribution in [3.8, 4) is 22.9 Å². The Labute approximate surface area is 111 Å². The number of rotatable bonds is 6. The van der Waals surface area contributed by atoms with Crippen LogP contribution >= 0.6 is 0 Å². The van der Waals surface area contributed by atoms with E-state index >= 15 is 0 Å². The van der Waals surface area contributed by atoms with Gasteiger partial charge in [0.15, 0.2) is 0 Å². The van der Waals surface area contributed by atoms with Crippen LogP contribution in [0.1, 0.15) is 12.3 Å². The van der Waals surface area contributed by atoms with E-state index < -0.39 is 0 Å². The summed E-state index contributed by atoms with van der Waals surface area (Å²) in [7, 11) is 3.20. The van der Waals surface area contributed by atoms with Crippen molar-refractivity contribution >= 4 is 0 Å². The smallest absolute Gasteiger partial charge is 0.227 e. The van der Waals surface area contributed by atoms with Crippen molar-refractivity contribution in [2.45, 2.75) is 12.8 Å². The van der Waals surface area contributed by atoms with Crippen LogP contribution in [0.2, 0.25) is 0 Å². The van der Waals surface area contributed by atoms with Crippen molar-refractivity contribution in [2.75, 3.05) is 20.8 Å². The molecule has 19 heavy (non-hydrogen) atoms. The molecule has 0 fully saturated rings. The topological polar surface area (TPSA) is 83.4 Å². The van der Waals surface area contributed by atoms with Crippen LogP contribution in [-0.2, 0) is 6.42 Å². The van der Waals surface area contributed by atoms with Crippen molar-refractivity contribution < 1.29 is 14.0 Å². The lowest BCUT2D eigenvalue weighted by atomic mass is 10.2. The van der Waals surface area contributed by atoms with Crippen molar-refractivity contribution in [3.05, 3.63) is 24.1 Å². The molecule has 0 atom stereocenters. The van der Waals surface area contributed by atoms with E-state index in [1.165, 1.54) is 0 Å². The molecule has 102 valence electrons. The molecule has 0 aliphatic rings. The second-order valence-corrected chi connectivity index (χ2v) is 3.97. The molecule has 2 N–H and O–H groups in total. The van der Waals surface area contributed by atoms with E-state index in [-0.39, 0.29) is 0 Å². The number of aryl methyl sites for hydroxylation is 1. The van der Waals surface area contributed by atoms with Crippen LogP contribution in [0.3, 0.4) is 0 Å². The Kier molecular flexibility index (Phi) is 4.35. The average Bonchev–Trinajstić information content (AvgIpc) is 2.93. The molecule has 1 heterocycles. The number of ether oxygens (including phenoxy) is 2. The van der Waals surface area contributed by atoms with Gasteiger partial charge in [-0.05, 0) is 31.2 Å². The van der Waals surface area contributed by atoms with E-state index in [2.05, 4.69) is 10.1 Å². The lowest BCUT2D eigenvalue weighted by Crippen LogP contribution is -2.00. The Morgan fingerprint density at radius 2 is 2.11 bits per heavy atom. The number of nitrogens with zero attached hydrogens (tertiary/aromatic N) is 2. The molecule has 2 aromatic rings. The zero-order chi connectivity index (χ0) is 13.7. The van der Waals surface area contributed by atoms with Crippen LogP contribution in [0.15, 0.2) is 22.7 Å². The fourth-order valence-electron chi connectivity index (χ4n) is 1.71. The molecule has 0 unspecified atom stereocenters. The van der Waals surface area contributed by atoms with Crippen molar-refractivity contribution in [2.24, 2.45) is 5.73 Å². The Morgan fingerprint density at radius 3 is 2.79 bits per heavy atom. The van der Waals surface area contributed by atoms with Gasteiger partial charge in [-0.1, -0.05) is 5.16 Å². The molecule has 6 nitrogen and oxygen atoms in total. The fourth-order valence-corrected chi connectivity index (χ4v) is 1.71. The van der Waals surface area contributed by atoms with E-state index in [0.717, 1.165) is 12.0 Å². The summed E-state index contributed by atoms with van der Waals surface area (Å²) in [5.74, 6) is 2.45. The van der Waals surface area contributed by atoms with E-state index in [1.54, 1.807) is 14.2 Å². The van der Waals surface area contributed by atoms with Crippen LogP contribution in [0.5, 0.6) is 11.5 Å². The van der Waals surface area contributed by atoms with Gasteiger partial charge >= 0.3 is 0 Å². The van der Waals surface area contributed by atoms with Gasteiger partial charge in [0.1, 0.15) is 11.5 Å². The SMILES string of the molecule is COc1ccc(OC)c(-c2noc(CCCN)n2)c1. The van der Waals surface area contributed by atoms with Crippen molar-refractivity contribution in [1.29, 1.82) is 0 Å². The standard InChI is InChI=1S/C13H17N3O3/c1-17-9-5-6-11(18-2)10(8-9)13-15-12(19-16-13)4-3-7-14/h5-6,8H,3-4,7,14H2,1-2H3. The van der Waals surface area contributed by atoms with E-state index in [1.807, 2.05) is 18.2 Å². The van der Waals surface area contributed by atoms with Crippen LogP contribution in [0.4, 0.5) is 0 Å². The van der Waals surface area contributed by atoms with Crippen LogP contribution in [-0.4, -0.2) is 30.9 Å². The predicted octanol–water partition coefficient (Wildman–Crippen LogP) is 1.65. The molecule has 1 aromatic heterocycles. The molecule has 0 saturated heterocycles. The zero-order valence-corrected chi connectivity index (χ0v) is 11.0. The highest BCUT2D eigenvalue weighted by Crippen LogP contribution is 2.31. The third-order valence-electron chi connectivity index (χ3n) is 2.71. The zero-order valence-electron chi connectivity index (χ0n) is 11.0. The number of hydrogen-bond acceptors (Lipinski definition) is 6. The van der Waals surface area contributed by atoms with Gasteiger partial charge in [-0.25, -0.2) is 0 Å². The number of nitrogens with two attached hydrogens (primary N) is 1. The molecular weight excluding hydrogens is 246 g/mol. The van der Waals surface area contributed by atoms with E-state index in [9.17, 15) is 0 Å². The minimum absolute atomic E-state index is 0.489. The summed E-state index contributed by atoms with van der Waals surface area (Å²) < 4.78 is 15.7. The molecular formula is C13H17N3O3. The lowest BCUT2D eigenvalue weighted by Gasteiger charge is -2.07. The van der Waals surface area contributed by atoms with Gasteiger partial charge in [0, 0.05) is 6.42 Å². The fraction of sp³-hybridized carbons (Fsp3) is 0.385. The normalized spacial score (nSPS) is 10.5. The molecule has 1 aromatic carbocycles. The van der Waals surface area contributed by atoms with Gasteiger partial charge in [0.25, 0.3) is 0 Å². The van der Waals surface area contributed by atoms with Gasteiger partial charge in [0.2, 0.25) is 11.7 Å². The largest absolute Gasteiger partial charge is 0.497 e. The molecule has 0 radical (unpaired) electrons. The highest BCUT2D eigenvalue weighted by atomic mass is 16.5. The van der Waals surface area contributed by atoms with Crippen molar-refractivity contribution in [3.63, 3.8) is 0 Å². The molecule has 2 rings (SSSR count). The molecule has 6 heteroatoms. The molecule has 0 spiro atoms. The van der Waals surface area contributed by atoms with Gasteiger partial charge in [0.05, 0.1) is 19.8 Å². The highest BCUT2D eigenvalue weighted by Gasteiger charge is 2.14. The summed E-state index contributed by atoms with van der Waals surface area (Å²) in [6, 6.07) is 5.44. The first-order valence-corrected chi connectivity index (χ1v) is 6.03. The Hall–Kier alpha value is -2.08.